The molecule has 2 atom stereocenters. The summed E-state index contributed by atoms with van der Waals surface area (Å²) in [7, 11) is -1.66. The summed E-state index contributed by atoms with van der Waals surface area (Å²) in [5.41, 5.74) is 1.31. The topological polar surface area (TPSA) is 90.0 Å². The number of halogens is 2. The normalized spacial score (nSPS) is 13.0. The second kappa shape index (κ2) is 14.6. The van der Waals surface area contributed by atoms with Crippen LogP contribution < -0.4 is 9.62 Å². The minimum atomic E-state index is -4.28. The van der Waals surface area contributed by atoms with Crippen molar-refractivity contribution in [3.05, 3.63) is 100 Å². The molecule has 0 saturated carbocycles. The summed E-state index contributed by atoms with van der Waals surface area (Å²) >= 11 is 3.41. The van der Waals surface area contributed by atoms with Crippen LogP contribution >= 0.6 is 15.9 Å². The maximum absolute atomic E-state index is 14.9. The number of benzene rings is 3. The number of anilines is 1. The van der Waals surface area contributed by atoms with Crippen molar-refractivity contribution < 1.29 is 22.4 Å². The quantitative estimate of drug-likeness (QED) is 0.290. The Bertz CT molecular complexity index is 1420. The van der Waals surface area contributed by atoms with Crippen LogP contribution in [0.25, 0.3) is 0 Å². The van der Waals surface area contributed by atoms with Crippen LogP contribution in [0.4, 0.5) is 10.1 Å². The Labute approximate surface area is 250 Å². The van der Waals surface area contributed by atoms with Crippen LogP contribution in [-0.2, 0) is 32.8 Å². The second-order valence-corrected chi connectivity index (χ2v) is 12.9. The zero-order chi connectivity index (χ0) is 30.2. The van der Waals surface area contributed by atoms with Gasteiger partial charge in [-0.05, 0) is 48.7 Å². The highest BCUT2D eigenvalue weighted by Gasteiger charge is 2.35. The maximum Gasteiger partial charge on any atom is 0.304 e. The predicted octanol–water partition coefficient (Wildman–Crippen LogP) is 4.76. The Morgan fingerprint density at radius 1 is 0.927 bits per heavy atom. The minimum absolute atomic E-state index is 0.0324. The third-order valence-corrected chi connectivity index (χ3v) is 9.01. The fourth-order valence-electron chi connectivity index (χ4n) is 4.14. The first-order chi connectivity index (χ1) is 19.4. The Hall–Kier alpha value is -3.28. The van der Waals surface area contributed by atoms with Gasteiger partial charge in [-0.2, -0.15) is 12.7 Å². The Balaban J connectivity index is 2.10. The number of amides is 2. The van der Waals surface area contributed by atoms with E-state index >= 15 is 0 Å². The fraction of sp³-hybridized carbons (Fsp3) is 0.333. The number of hydrogen-bond donors (Lipinski definition) is 1. The molecule has 41 heavy (non-hydrogen) atoms. The van der Waals surface area contributed by atoms with Gasteiger partial charge in [-0.15, -0.1) is 0 Å². The first-order valence-corrected chi connectivity index (χ1v) is 15.5. The summed E-state index contributed by atoms with van der Waals surface area (Å²) in [6.07, 6.45) is 0.887. The van der Waals surface area contributed by atoms with Crippen molar-refractivity contribution in [3.63, 3.8) is 0 Å². The number of carbonyl (C=O) groups is 2. The van der Waals surface area contributed by atoms with Gasteiger partial charge in [0.1, 0.15) is 18.4 Å². The molecule has 3 aromatic rings. The summed E-state index contributed by atoms with van der Waals surface area (Å²) in [5, 5.41) is 2.98. The van der Waals surface area contributed by atoms with E-state index in [2.05, 4.69) is 21.2 Å². The number of rotatable bonds is 13. The van der Waals surface area contributed by atoms with E-state index in [4.69, 9.17) is 0 Å². The predicted molar refractivity (Wildman–Crippen MR) is 163 cm³/mol. The Morgan fingerprint density at radius 3 is 2.12 bits per heavy atom. The molecular weight excluding hydrogens is 611 g/mol. The SMILES string of the molecule is CC[C@@H](C)NC(=O)[C@@H](Cc1ccccc1)N(Cc1ccc(Br)cc1)C(=O)CN(c1ccccc1F)S(=O)(=O)N(C)C. The van der Waals surface area contributed by atoms with Crippen LogP contribution in [0.15, 0.2) is 83.3 Å². The van der Waals surface area contributed by atoms with Crippen LogP contribution in [0, 0.1) is 5.82 Å². The summed E-state index contributed by atoms with van der Waals surface area (Å²) < 4.78 is 44.1. The standard InChI is InChI=1S/C30H36BrFN4O4S/c1-5-22(2)33-30(38)28(19-23-11-7-6-8-12-23)35(20-24-15-17-25(31)18-16-24)29(37)21-36(41(39,40)34(3)4)27-14-10-9-13-26(27)32/h6-18,22,28H,5,19-21H2,1-4H3,(H,33,38)/t22-,28-/m1/s1. The average Bonchev–Trinajstić information content (AvgIpc) is 2.95. The molecule has 0 aromatic heterocycles. The van der Waals surface area contributed by atoms with Crippen LogP contribution in [0.1, 0.15) is 31.4 Å². The molecule has 0 radical (unpaired) electrons. The molecule has 1 N–H and O–H groups in total. The van der Waals surface area contributed by atoms with E-state index in [0.717, 1.165) is 30.3 Å². The molecule has 3 rings (SSSR count). The lowest BCUT2D eigenvalue weighted by Gasteiger charge is -2.35. The lowest BCUT2D eigenvalue weighted by atomic mass is 10.0. The van der Waals surface area contributed by atoms with Crippen molar-refractivity contribution >= 4 is 43.6 Å². The van der Waals surface area contributed by atoms with Crippen molar-refractivity contribution in [2.24, 2.45) is 0 Å². The van der Waals surface area contributed by atoms with E-state index in [1.807, 2.05) is 68.4 Å². The lowest BCUT2D eigenvalue weighted by molar-refractivity contribution is -0.140. The smallest absolute Gasteiger partial charge is 0.304 e. The molecule has 11 heteroatoms. The Kier molecular flexibility index (Phi) is 11.5. The fourth-order valence-corrected chi connectivity index (χ4v) is 5.47. The first kappa shape index (κ1) is 32.2. The van der Waals surface area contributed by atoms with E-state index in [1.54, 1.807) is 0 Å². The van der Waals surface area contributed by atoms with Crippen molar-refractivity contribution in [3.8, 4) is 0 Å². The van der Waals surface area contributed by atoms with E-state index < -0.39 is 34.5 Å². The third kappa shape index (κ3) is 8.61. The summed E-state index contributed by atoms with van der Waals surface area (Å²) in [5.74, 6) is -1.80. The summed E-state index contributed by atoms with van der Waals surface area (Å²) in [4.78, 5) is 29.3. The highest BCUT2D eigenvalue weighted by molar-refractivity contribution is 9.10. The Morgan fingerprint density at radius 2 is 1.54 bits per heavy atom. The molecule has 8 nitrogen and oxygen atoms in total. The van der Waals surface area contributed by atoms with Gasteiger partial charge in [0.05, 0.1) is 5.69 Å². The molecule has 0 aliphatic carbocycles. The highest BCUT2D eigenvalue weighted by atomic mass is 79.9. The summed E-state index contributed by atoms with van der Waals surface area (Å²) in [6.45, 7) is 3.15. The minimum Gasteiger partial charge on any atom is -0.352 e. The number of para-hydroxylation sites is 1. The van der Waals surface area contributed by atoms with E-state index in [9.17, 15) is 22.4 Å². The molecule has 0 heterocycles. The zero-order valence-electron chi connectivity index (χ0n) is 23.6. The highest BCUT2D eigenvalue weighted by Crippen LogP contribution is 2.24. The van der Waals surface area contributed by atoms with Gasteiger partial charge in [-0.3, -0.25) is 9.59 Å². The number of nitrogens with one attached hydrogen (secondary N) is 1. The van der Waals surface area contributed by atoms with Crippen molar-refractivity contribution in [2.75, 3.05) is 24.9 Å². The van der Waals surface area contributed by atoms with Gasteiger partial charge in [-0.1, -0.05) is 77.5 Å². The average molecular weight is 648 g/mol. The van der Waals surface area contributed by atoms with Gasteiger partial charge >= 0.3 is 10.2 Å². The van der Waals surface area contributed by atoms with Crippen LogP contribution in [0.3, 0.4) is 0 Å². The first-order valence-electron chi connectivity index (χ1n) is 13.3. The van der Waals surface area contributed by atoms with Gasteiger partial charge in [0.25, 0.3) is 0 Å². The van der Waals surface area contributed by atoms with Crippen molar-refractivity contribution in [1.82, 2.24) is 14.5 Å². The third-order valence-electron chi connectivity index (χ3n) is 6.68. The van der Waals surface area contributed by atoms with Gasteiger partial charge in [0.2, 0.25) is 11.8 Å². The van der Waals surface area contributed by atoms with Gasteiger partial charge < -0.3 is 10.2 Å². The molecule has 0 spiro atoms. The maximum atomic E-state index is 14.9. The van der Waals surface area contributed by atoms with Gasteiger partial charge in [0.15, 0.2) is 0 Å². The van der Waals surface area contributed by atoms with Crippen LogP contribution in [0.5, 0.6) is 0 Å². The molecule has 0 saturated heterocycles. The molecule has 0 fully saturated rings. The van der Waals surface area contributed by atoms with Crippen molar-refractivity contribution in [2.45, 2.75) is 45.3 Å². The molecule has 220 valence electrons. The largest absolute Gasteiger partial charge is 0.352 e. The van der Waals surface area contributed by atoms with Gasteiger partial charge in [-0.25, -0.2) is 8.70 Å². The number of carbonyl (C=O) groups excluding carboxylic acids is 2. The van der Waals surface area contributed by atoms with E-state index in [-0.39, 0.29) is 30.6 Å². The van der Waals surface area contributed by atoms with Gasteiger partial charge in [0, 0.05) is 37.6 Å². The second-order valence-electron chi connectivity index (χ2n) is 9.92. The van der Waals surface area contributed by atoms with Crippen LogP contribution in [0.2, 0.25) is 0 Å². The monoisotopic (exact) mass is 646 g/mol. The molecule has 0 aliphatic heterocycles. The number of hydrogen-bond acceptors (Lipinski definition) is 4. The van der Waals surface area contributed by atoms with Crippen molar-refractivity contribution in [1.29, 1.82) is 0 Å². The zero-order valence-corrected chi connectivity index (χ0v) is 26.0. The lowest BCUT2D eigenvalue weighted by Crippen LogP contribution is -2.55. The molecular formula is C30H36BrFN4O4S. The molecule has 3 aromatic carbocycles. The molecule has 0 unspecified atom stereocenters. The molecule has 2 amide bonds. The molecule has 0 bridgehead atoms. The van der Waals surface area contributed by atoms with E-state index in [0.29, 0.717) is 6.42 Å². The van der Waals surface area contributed by atoms with Crippen LogP contribution in [-0.4, -0.2) is 62.2 Å². The van der Waals surface area contributed by atoms with E-state index in [1.165, 1.54) is 37.2 Å². The summed E-state index contributed by atoms with van der Waals surface area (Å²) in [6, 6.07) is 20.9. The number of nitrogens with zero attached hydrogens (tertiary/aromatic N) is 3. The molecule has 0 aliphatic rings.